The molecule has 0 saturated carbocycles. The van der Waals surface area contributed by atoms with Crippen LogP contribution in [0.25, 0.3) is 0 Å². The molecule has 1 fully saturated rings. The van der Waals surface area contributed by atoms with Crippen LogP contribution in [-0.2, 0) is 12.7 Å². The van der Waals surface area contributed by atoms with Gasteiger partial charge >= 0.3 is 6.18 Å². The highest BCUT2D eigenvalue weighted by molar-refractivity contribution is 7.09. The Morgan fingerprint density at radius 1 is 1.27 bits per heavy atom. The van der Waals surface area contributed by atoms with E-state index in [1.807, 2.05) is 13.0 Å². The third-order valence-electron chi connectivity index (χ3n) is 5.26. The zero-order valence-electron chi connectivity index (χ0n) is 17.2. The second-order valence-corrected chi connectivity index (χ2v) is 8.30. The van der Waals surface area contributed by atoms with Crippen molar-refractivity contribution in [2.45, 2.75) is 51.5 Å². The summed E-state index contributed by atoms with van der Waals surface area (Å²) in [5, 5.41) is 8.00. The molecule has 1 saturated heterocycles. The van der Waals surface area contributed by atoms with Crippen molar-refractivity contribution in [3.05, 3.63) is 52.0 Å². The normalized spacial score (nSPS) is 17.7. The lowest BCUT2D eigenvalue weighted by atomic mass is 10.0. The van der Waals surface area contributed by atoms with Gasteiger partial charge in [-0.2, -0.15) is 13.2 Å². The minimum Gasteiger partial charge on any atom is -0.357 e. The predicted molar refractivity (Wildman–Crippen MR) is 115 cm³/mol. The van der Waals surface area contributed by atoms with Gasteiger partial charge in [-0.05, 0) is 32.3 Å². The highest BCUT2D eigenvalue weighted by atomic mass is 32.1. The molecule has 1 aromatic heterocycles. The lowest BCUT2D eigenvalue weighted by Crippen LogP contribution is -2.49. The van der Waals surface area contributed by atoms with Crippen LogP contribution in [0.15, 0.2) is 40.7 Å². The minimum atomic E-state index is -4.41. The Bertz CT molecular complexity index is 814. The van der Waals surface area contributed by atoms with Gasteiger partial charge in [0.2, 0.25) is 0 Å². The number of rotatable bonds is 6. The molecular formula is C21H28F3N5S. The molecule has 0 amide bonds. The van der Waals surface area contributed by atoms with E-state index in [0.29, 0.717) is 23.6 Å². The molecule has 2 N–H and O–H groups in total. The molecule has 9 heteroatoms. The Kier molecular flexibility index (Phi) is 7.71. The van der Waals surface area contributed by atoms with E-state index in [4.69, 9.17) is 0 Å². The first-order valence-corrected chi connectivity index (χ1v) is 11.1. The van der Waals surface area contributed by atoms with Crippen molar-refractivity contribution in [2.24, 2.45) is 4.99 Å². The Hall–Kier alpha value is -2.13. The van der Waals surface area contributed by atoms with Gasteiger partial charge in [0.15, 0.2) is 11.7 Å². The van der Waals surface area contributed by atoms with Gasteiger partial charge in [-0.1, -0.05) is 30.3 Å². The standard InChI is InChI=1S/C21H28F3N5S/c1-3-25-20(26-13-19-28-18(14-30-19)21(22,23)24)27-17-9-11-29(12-10-17)15(2)16-7-5-4-6-8-16/h4-8,14-15,17H,3,9-13H2,1-2H3,(H2,25,26,27). The van der Waals surface area contributed by atoms with Gasteiger partial charge in [-0.15, -0.1) is 11.3 Å². The van der Waals surface area contributed by atoms with Crippen LogP contribution in [0.1, 0.15) is 49.0 Å². The number of thiazole rings is 1. The zero-order chi connectivity index (χ0) is 21.6. The number of aliphatic imine (C=N–C) groups is 1. The van der Waals surface area contributed by atoms with E-state index in [0.717, 1.165) is 42.6 Å². The van der Waals surface area contributed by atoms with E-state index in [2.05, 4.69) is 56.7 Å². The number of aromatic nitrogens is 1. The third-order valence-corrected chi connectivity index (χ3v) is 6.09. The third kappa shape index (κ3) is 6.18. The first kappa shape index (κ1) is 22.6. The van der Waals surface area contributed by atoms with Crippen LogP contribution < -0.4 is 10.6 Å². The maximum absolute atomic E-state index is 12.7. The second kappa shape index (κ2) is 10.3. The fourth-order valence-electron chi connectivity index (χ4n) is 3.55. The van der Waals surface area contributed by atoms with Crippen molar-refractivity contribution in [2.75, 3.05) is 19.6 Å². The summed E-state index contributed by atoms with van der Waals surface area (Å²) in [5.74, 6) is 0.621. The average Bonchev–Trinajstić information content (AvgIpc) is 3.23. The van der Waals surface area contributed by atoms with Gasteiger partial charge in [0, 0.05) is 37.1 Å². The summed E-state index contributed by atoms with van der Waals surface area (Å²) in [6.45, 7) is 6.97. The van der Waals surface area contributed by atoms with Gasteiger partial charge in [0.05, 0.1) is 6.54 Å². The zero-order valence-corrected chi connectivity index (χ0v) is 18.1. The van der Waals surface area contributed by atoms with Crippen molar-refractivity contribution in [1.82, 2.24) is 20.5 Å². The fraction of sp³-hybridized carbons (Fsp3) is 0.524. The summed E-state index contributed by atoms with van der Waals surface area (Å²) in [5.41, 5.74) is 0.469. The number of alkyl halides is 3. The van der Waals surface area contributed by atoms with Crippen LogP contribution in [0.4, 0.5) is 13.2 Å². The second-order valence-electron chi connectivity index (χ2n) is 7.36. The van der Waals surface area contributed by atoms with Crippen LogP contribution in [0.2, 0.25) is 0 Å². The lowest BCUT2D eigenvalue weighted by Gasteiger charge is -2.37. The molecular weight excluding hydrogens is 411 g/mol. The van der Waals surface area contributed by atoms with E-state index < -0.39 is 11.9 Å². The van der Waals surface area contributed by atoms with E-state index in [9.17, 15) is 13.2 Å². The summed E-state index contributed by atoms with van der Waals surface area (Å²) in [4.78, 5) is 10.6. The minimum absolute atomic E-state index is 0.125. The van der Waals surface area contributed by atoms with Crippen LogP contribution in [-0.4, -0.2) is 41.5 Å². The number of guanidine groups is 1. The Morgan fingerprint density at radius 3 is 2.57 bits per heavy atom. The van der Waals surface area contributed by atoms with Gasteiger partial charge < -0.3 is 10.6 Å². The molecule has 1 aliphatic rings. The average molecular weight is 440 g/mol. The Labute approximate surface area is 179 Å². The summed E-state index contributed by atoms with van der Waals surface area (Å²) >= 11 is 0.984. The number of likely N-dealkylation sites (tertiary alicyclic amines) is 1. The van der Waals surface area contributed by atoms with Crippen molar-refractivity contribution in [3.8, 4) is 0 Å². The van der Waals surface area contributed by atoms with Crippen LogP contribution >= 0.6 is 11.3 Å². The smallest absolute Gasteiger partial charge is 0.357 e. The first-order chi connectivity index (χ1) is 14.4. The predicted octanol–water partition coefficient (Wildman–Crippen LogP) is 4.44. The number of halogens is 3. The molecule has 1 aliphatic heterocycles. The van der Waals surface area contributed by atoms with E-state index in [1.54, 1.807) is 0 Å². The molecule has 0 bridgehead atoms. The largest absolute Gasteiger partial charge is 0.434 e. The molecule has 0 spiro atoms. The molecule has 1 aromatic carbocycles. The van der Waals surface area contributed by atoms with Gasteiger partial charge in [0.25, 0.3) is 0 Å². The summed E-state index contributed by atoms with van der Waals surface area (Å²) in [6.07, 6.45) is -2.44. The van der Waals surface area contributed by atoms with Crippen LogP contribution in [0.3, 0.4) is 0 Å². The maximum atomic E-state index is 12.7. The lowest BCUT2D eigenvalue weighted by molar-refractivity contribution is -0.140. The number of benzene rings is 1. The highest BCUT2D eigenvalue weighted by Gasteiger charge is 2.33. The molecule has 3 rings (SSSR count). The molecule has 164 valence electrons. The number of nitrogens with one attached hydrogen (secondary N) is 2. The van der Waals surface area contributed by atoms with Gasteiger partial charge in [-0.25, -0.2) is 9.98 Å². The van der Waals surface area contributed by atoms with Crippen molar-refractivity contribution in [3.63, 3.8) is 0 Å². The number of nitrogens with zero attached hydrogens (tertiary/aromatic N) is 3. The molecule has 1 atom stereocenters. The number of piperidine rings is 1. The fourth-order valence-corrected chi connectivity index (χ4v) is 4.27. The summed E-state index contributed by atoms with van der Waals surface area (Å²) < 4.78 is 38.1. The van der Waals surface area contributed by atoms with E-state index in [1.165, 1.54) is 5.56 Å². The molecule has 2 aromatic rings. The van der Waals surface area contributed by atoms with Crippen LogP contribution in [0.5, 0.6) is 0 Å². The molecule has 30 heavy (non-hydrogen) atoms. The summed E-state index contributed by atoms with van der Waals surface area (Å²) in [7, 11) is 0. The molecule has 1 unspecified atom stereocenters. The van der Waals surface area contributed by atoms with Crippen molar-refractivity contribution < 1.29 is 13.2 Å². The van der Waals surface area contributed by atoms with Crippen molar-refractivity contribution >= 4 is 17.3 Å². The quantitative estimate of drug-likeness (QED) is 0.516. The molecule has 5 nitrogen and oxygen atoms in total. The molecule has 0 radical (unpaired) electrons. The van der Waals surface area contributed by atoms with E-state index in [-0.39, 0.29) is 12.6 Å². The SMILES string of the molecule is CCNC(=NCc1nc(C(F)(F)F)cs1)NC1CCN(C(C)c2ccccc2)CC1. The highest BCUT2D eigenvalue weighted by Crippen LogP contribution is 2.30. The van der Waals surface area contributed by atoms with Crippen LogP contribution in [0, 0.1) is 0 Å². The Morgan fingerprint density at radius 2 is 1.97 bits per heavy atom. The van der Waals surface area contributed by atoms with Gasteiger partial charge in [-0.3, -0.25) is 4.90 Å². The maximum Gasteiger partial charge on any atom is 0.434 e. The first-order valence-electron chi connectivity index (χ1n) is 10.2. The molecule has 2 heterocycles. The molecule has 0 aliphatic carbocycles. The summed E-state index contributed by atoms with van der Waals surface area (Å²) in [6, 6.07) is 11.1. The van der Waals surface area contributed by atoms with Crippen molar-refractivity contribution in [1.29, 1.82) is 0 Å². The Balaban J connectivity index is 1.53. The number of hydrogen-bond donors (Lipinski definition) is 2. The topological polar surface area (TPSA) is 52.6 Å². The number of hydrogen-bond acceptors (Lipinski definition) is 4. The van der Waals surface area contributed by atoms with Gasteiger partial charge in [0.1, 0.15) is 5.01 Å². The van der Waals surface area contributed by atoms with E-state index >= 15 is 0 Å². The monoisotopic (exact) mass is 439 g/mol.